The molecule has 138 valence electrons. The van der Waals surface area contributed by atoms with E-state index < -0.39 is 0 Å². The first-order valence-corrected chi connectivity index (χ1v) is 9.42. The van der Waals surface area contributed by atoms with Crippen molar-refractivity contribution >= 4 is 35.6 Å². The lowest BCUT2D eigenvalue weighted by molar-refractivity contribution is 0.0546. The van der Waals surface area contributed by atoms with E-state index in [-0.39, 0.29) is 18.4 Å². The van der Waals surface area contributed by atoms with Gasteiger partial charge in [0.1, 0.15) is 0 Å². The van der Waals surface area contributed by atoms with E-state index in [2.05, 4.69) is 41.3 Å². The Kier molecular flexibility index (Phi) is 12.0. The monoisotopic (exact) mass is 401 g/mol. The summed E-state index contributed by atoms with van der Waals surface area (Å²) in [5.74, 6) is 1.20. The van der Waals surface area contributed by atoms with Crippen molar-refractivity contribution in [1.82, 2.24) is 4.90 Å². The van der Waals surface area contributed by atoms with Crippen molar-refractivity contribution in [3.8, 4) is 0 Å². The molecule has 0 aliphatic carbocycles. The molecule has 2 rings (SSSR count). The topological polar surface area (TPSA) is 12.5 Å². The van der Waals surface area contributed by atoms with Crippen molar-refractivity contribution in [1.29, 1.82) is 0 Å². The Morgan fingerprint density at radius 2 is 1.32 bits per heavy atom. The van der Waals surface area contributed by atoms with Crippen LogP contribution >= 0.6 is 35.6 Å². The second-order valence-electron chi connectivity index (χ2n) is 5.76. The van der Waals surface area contributed by atoms with Crippen LogP contribution < -0.4 is 0 Å². The van der Waals surface area contributed by atoms with Crippen molar-refractivity contribution in [3.63, 3.8) is 0 Å². The highest BCUT2D eigenvalue weighted by Crippen LogP contribution is 2.12. The summed E-state index contributed by atoms with van der Waals surface area (Å²) in [5, 5.41) is 0. The number of halogens is 3. The summed E-state index contributed by atoms with van der Waals surface area (Å²) in [7, 11) is 0. The molecule has 2 aromatic rings. The minimum atomic E-state index is 0. The molecule has 0 unspecified atom stereocenters. The van der Waals surface area contributed by atoms with Crippen LogP contribution in [0.15, 0.2) is 60.7 Å². The quantitative estimate of drug-likeness (QED) is 0.490. The Morgan fingerprint density at radius 3 is 1.84 bits per heavy atom. The number of alkyl halides is 2. The molecule has 0 fully saturated rings. The van der Waals surface area contributed by atoms with E-state index in [1.54, 1.807) is 0 Å². The zero-order chi connectivity index (χ0) is 17.0. The van der Waals surface area contributed by atoms with Crippen molar-refractivity contribution < 1.29 is 4.74 Å². The van der Waals surface area contributed by atoms with Crippen molar-refractivity contribution in [2.75, 3.05) is 31.5 Å². The molecule has 0 N–H and O–H groups in total. The van der Waals surface area contributed by atoms with E-state index in [0.717, 1.165) is 19.5 Å². The molecule has 0 saturated heterocycles. The lowest BCUT2D eigenvalue weighted by Crippen LogP contribution is -2.42. The Morgan fingerprint density at radius 1 is 0.800 bits per heavy atom. The molecular formula is C20H26Cl3NO. The molecule has 0 spiro atoms. The molecule has 0 aromatic heterocycles. The molecule has 1 atom stereocenters. The lowest BCUT2D eigenvalue weighted by atomic mass is 10.1. The van der Waals surface area contributed by atoms with Crippen molar-refractivity contribution in [3.05, 3.63) is 71.8 Å². The highest BCUT2D eigenvalue weighted by atomic mass is 35.5. The summed E-state index contributed by atoms with van der Waals surface area (Å²) < 4.78 is 6.00. The maximum Gasteiger partial charge on any atom is 0.0717 e. The molecule has 0 amide bonds. The van der Waals surface area contributed by atoms with Gasteiger partial charge in [-0.25, -0.2) is 0 Å². The summed E-state index contributed by atoms with van der Waals surface area (Å²) in [6.07, 6.45) is 0.934. The van der Waals surface area contributed by atoms with E-state index in [9.17, 15) is 0 Å². The second-order valence-corrected chi connectivity index (χ2v) is 6.51. The van der Waals surface area contributed by atoms with Gasteiger partial charge in [-0.3, -0.25) is 4.90 Å². The fraction of sp³-hybridized carbons (Fsp3) is 0.400. The third-order valence-electron chi connectivity index (χ3n) is 4.00. The largest absolute Gasteiger partial charge is 0.375 e. The Balaban J connectivity index is 0.00000312. The summed E-state index contributed by atoms with van der Waals surface area (Å²) in [6, 6.07) is 21.0. The van der Waals surface area contributed by atoms with Gasteiger partial charge in [0, 0.05) is 30.9 Å². The maximum atomic E-state index is 6.00. The molecule has 25 heavy (non-hydrogen) atoms. The lowest BCUT2D eigenvalue weighted by Gasteiger charge is -2.30. The number of ether oxygens (including phenoxy) is 1. The molecule has 0 aliphatic heterocycles. The average Bonchev–Trinajstić information content (AvgIpc) is 2.62. The normalized spacial score (nSPS) is 12.0. The smallest absolute Gasteiger partial charge is 0.0717 e. The molecule has 0 saturated carbocycles. The van der Waals surface area contributed by atoms with E-state index in [0.29, 0.717) is 25.0 Å². The van der Waals surface area contributed by atoms with E-state index in [4.69, 9.17) is 27.9 Å². The van der Waals surface area contributed by atoms with Gasteiger partial charge in [-0.2, -0.15) is 0 Å². The number of benzene rings is 2. The predicted molar refractivity (Wildman–Crippen MR) is 110 cm³/mol. The number of nitrogens with zero attached hydrogens (tertiary/aromatic N) is 1. The van der Waals surface area contributed by atoms with Gasteiger partial charge in [0.15, 0.2) is 0 Å². The van der Waals surface area contributed by atoms with Crippen LogP contribution in [0.3, 0.4) is 0 Å². The van der Waals surface area contributed by atoms with E-state index in [1.807, 2.05) is 24.3 Å². The van der Waals surface area contributed by atoms with Crippen LogP contribution in [-0.2, 0) is 17.8 Å². The van der Waals surface area contributed by atoms with Crippen molar-refractivity contribution in [2.45, 2.75) is 19.1 Å². The fourth-order valence-electron chi connectivity index (χ4n) is 2.76. The van der Waals surface area contributed by atoms with Crippen LogP contribution in [0, 0.1) is 0 Å². The second kappa shape index (κ2) is 13.4. The highest BCUT2D eigenvalue weighted by Gasteiger charge is 2.18. The zero-order valence-corrected chi connectivity index (χ0v) is 16.6. The number of hydrogen-bond acceptors (Lipinski definition) is 2. The first kappa shape index (κ1) is 22.3. The fourth-order valence-corrected chi connectivity index (χ4v) is 3.19. The minimum absolute atomic E-state index is 0. The maximum absolute atomic E-state index is 6.00. The third-order valence-corrected chi connectivity index (χ3v) is 4.33. The van der Waals surface area contributed by atoms with Gasteiger partial charge >= 0.3 is 0 Å². The van der Waals surface area contributed by atoms with Gasteiger partial charge in [-0.1, -0.05) is 60.7 Å². The van der Waals surface area contributed by atoms with Crippen LogP contribution in [0.4, 0.5) is 0 Å². The summed E-state index contributed by atoms with van der Waals surface area (Å²) in [5.41, 5.74) is 2.50. The summed E-state index contributed by atoms with van der Waals surface area (Å²) in [4.78, 5) is 2.33. The van der Waals surface area contributed by atoms with E-state index in [1.165, 1.54) is 11.1 Å². The summed E-state index contributed by atoms with van der Waals surface area (Å²) >= 11 is 12.0. The molecule has 0 radical (unpaired) electrons. The van der Waals surface area contributed by atoms with Gasteiger partial charge < -0.3 is 4.74 Å². The Labute approximate surface area is 167 Å². The third kappa shape index (κ3) is 8.44. The van der Waals surface area contributed by atoms with Crippen LogP contribution in [0.25, 0.3) is 0 Å². The highest BCUT2D eigenvalue weighted by molar-refractivity contribution is 6.18. The van der Waals surface area contributed by atoms with Gasteiger partial charge in [-0.05, 0) is 17.5 Å². The van der Waals surface area contributed by atoms with Gasteiger partial charge in [0.2, 0.25) is 0 Å². The SMILES string of the molecule is Cl.ClCCN(CCCl)[C@@H](COCc1ccccc1)Cc1ccccc1. The van der Waals surface area contributed by atoms with Crippen LogP contribution in [-0.4, -0.2) is 42.4 Å². The van der Waals surface area contributed by atoms with Crippen molar-refractivity contribution in [2.24, 2.45) is 0 Å². The minimum Gasteiger partial charge on any atom is -0.375 e. The first-order chi connectivity index (χ1) is 11.8. The zero-order valence-electron chi connectivity index (χ0n) is 14.3. The molecule has 5 heteroatoms. The Hall–Kier alpha value is -0.770. The van der Waals surface area contributed by atoms with E-state index >= 15 is 0 Å². The average molecular weight is 403 g/mol. The standard InChI is InChI=1S/C20H25Cl2NO.ClH/c21-11-13-23(14-12-22)20(15-18-7-3-1-4-8-18)17-24-16-19-9-5-2-6-10-19;/h1-10,20H,11-17H2;1H/t20-;/m1./s1. The van der Waals surface area contributed by atoms with Crippen LogP contribution in [0.2, 0.25) is 0 Å². The predicted octanol–water partition coefficient (Wildman–Crippen LogP) is 5.02. The molecule has 2 nitrogen and oxygen atoms in total. The van der Waals surface area contributed by atoms with Gasteiger partial charge in [0.25, 0.3) is 0 Å². The molecule has 0 heterocycles. The van der Waals surface area contributed by atoms with Crippen LogP contribution in [0.1, 0.15) is 11.1 Å². The van der Waals surface area contributed by atoms with Crippen LogP contribution in [0.5, 0.6) is 0 Å². The van der Waals surface area contributed by atoms with Gasteiger partial charge in [0.05, 0.1) is 13.2 Å². The first-order valence-electron chi connectivity index (χ1n) is 8.35. The van der Waals surface area contributed by atoms with Gasteiger partial charge in [-0.15, -0.1) is 35.6 Å². The number of rotatable bonds is 11. The summed E-state index contributed by atoms with van der Waals surface area (Å²) in [6.45, 7) is 2.93. The molecule has 0 bridgehead atoms. The molecule has 2 aromatic carbocycles. The molecule has 0 aliphatic rings. The number of hydrogen-bond donors (Lipinski definition) is 0. The molecular weight excluding hydrogens is 377 g/mol. The Bertz CT molecular complexity index is 547.